The van der Waals surface area contributed by atoms with Gasteiger partial charge in [0.15, 0.2) is 0 Å². The third-order valence-electron chi connectivity index (χ3n) is 2.93. The lowest BCUT2D eigenvalue weighted by Crippen LogP contribution is -1.97. The maximum Gasteiger partial charge on any atom is 0.123 e. The highest BCUT2D eigenvalue weighted by molar-refractivity contribution is 5.80. The molecule has 3 aromatic rings. The molecule has 17 heavy (non-hydrogen) atoms. The summed E-state index contributed by atoms with van der Waals surface area (Å²) in [6.07, 6.45) is 2.00. The number of halogens is 1. The summed E-state index contributed by atoms with van der Waals surface area (Å²) in [7, 11) is 0. The van der Waals surface area contributed by atoms with Crippen molar-refractivity contribution in [3.63, 3.8) is 0 Å². The first kappa shape index (κ1) is 10.1. The molecule has 3 rings (SSSR count). The zero-order chi connectivity index (χ0) is 11.7. The molecule has 0 aliphatic rings. The molecule has 0 bridgehead atoms. The van der Waals surface area contributed by atoms with Gasteiger partial charge in [-0.05, 0) is 29.8 Å². The van der Waals surface area contributed by atoms with Crippen LogP contribution in [0.5, 0.6) is 0 Å². The van der Waals surface area contributed by atoms with Gasteiger partial charge in [-0.3, -0.25) is 0 Å². The van der Waals surface area contributed by atoms with Crippen molar-refractivity contribution in [2.75, 3.05) is 0 Å². The van der Waals surface area contributed by atoms with Crippen molar-refractivity contribution in [2.45, 2.75) is 6.54 Å². The van der Waals surface area contributed by atoms with Gasteiger partial charge in [-0.25, -0.2) is 4.39 Å². The molecular weight excluding hydrogens is 213 g/mol. The Hall–Kier alpha value is -2.09. The molecule has 0 amide bonds. The number of nitrogens with zero attached hydrogens (tertiary/aromatic N) is 1. The Kier molecular flexibility index (Phi) is 2.41. The number of hydrogen-bond acceptors (Lipinski definition) is 0. The first-order chi connectivity index (χ1) is 8.33. The van der Waals surface area contributed by atoms with E-state index in [0.29, 0.717) is 0 Å². The average molecular weight is 225 g/mol. The molecule has 0 saturated carbocycles. The Morgan fingerprint density at radius 1 is 0.941 bits per heavy atom. The Morgan fingerprint density at radius 2 is 1.76 bits per heavy atom. The molecular formula is C15H12FN. The molecule has 0 aliphatic heterocycles. The molecule has 84 valence electrons. The van der Waals surface area contributed by atoms with Crippen molar-refractivity contribution < 1.29 is 4.39 Å². The lowest BCUT2D eigenvalue weighted by Gasteiger charge is -2.05. The highest BCUT2D eigenvalue weighted by atomic mass is 19.1. The van der Waals surface area contributed by atoms with Crippen LogP contribution in [0.3, 0.4) is 0 Å². The Balaban J connectivity index is 2.01. The van der Waals surface area contributed by atoms with Gasteiger partial charge in [-0.1, -0.05) is 30.3 Å². The molecule has 2 aromatic carbocycles. The van der Waals surface area contributed by atoms with Crippen molar-refractivity contribution in [1.29, 1.82) is 0 Å². The molecule has 0 fully saturated rings. The van der Waals surface area contributed by atoms with Crippen molar-refractivity contribution in [2.24, 2.45) is 0 Å². The van der Waals surface area contributed by atoms with E-state index in [4.69, 9.17) is 0 Å². The number of fused-ring (bicyclic) bond motifs is 1. The standard InChI is InChI=1S/C15H12FN/c16-14-6-7-15-13(10-14)8-9-17(15)11-12-4-2-1-3-5-12/h1-10H,11H2. The number of hydrogen-bond donors (Lipinski definition) is 0. The SMILES string of the molecule is Fc1ccc2c(ccn2Cc2ccccc2)c1. The summed E-state index contributed by atoms with van der Waals surface area (Å²) in [5.74, 6) is -0.185. The summed E-state index contributed by atoms with van der Waals surface area (Å²) in [6.45, 7) is 0.815. The smallest absolute Gasteiger partial charge is 0.123 e. The molecule has 1 aromatic heterocycles. The van der Waals surface area contributed by atoms with Crippen molar-refractivity contribution in [3.05, 3.63) is 72.2 Å². The fourth-order valence-electron chi connectivity index (χ4n) is 2.09. The van der Waals surface area contributed by atoms with Crippen LogP contribution in [0.1, 0.15) is 5.56 Å². The molecule has 1 heterocycles. The summed E-state index contributed by atoms with van der Waals surface area (Å²) in [5.41, 5.74) is 2.31. The second-order valence-corrected chi connectivity index (χ2v) is 4.13. The minimum absolute atomic E-state index is 0.185. The Morgan fingerprint density at radius 3 is 2.59 bits per heavy atom. The summed E-state index contributed by atoms with van der Waals surface area (Å²) in [6, 6.07) is 17.1. The molecule has 1 nitrogen and oxygen atoms in total. The minimum atomic E-state index is -0.185. The lowest BCUT2D eigenvalue weighted by molar-refractivity contribution is 0.629. The first-order valence-electron chi connectivity index (χ1n) is 5.61. The van der Waals surface area contributed by atoms with Crippen LogP contribution in [0.2, 0.25) is 0 Å². The zero-order valence-electron chi connectivity index (χ0n) is 9.31. The summed E-state index contributed by atoms with van der Waals surface area (Å²) < 4.78 is 15.2. The normalized spacial score (nSPS) is 10.9. The first-order valence-corrected chi connectivity index (χ1v) is 5.61. The van der Waals surface area contributed by atoms with Gasteiger partial charge in [0.25, 0.3) is 0 Å². The molecule has 0 saturated heterocycles. The Labute approximate surface area is 99.1 Å². The highest BCUT2D eigenvalue weighted by Crippen LogP contribution is 2.18. The maximum atomic E-state index is 13.1. The van der Waals surface area contributed by atoms with Gasteiger partial charge in [0.05, 0.1) is 0 Å². The maximum absolute atomic E-state index is 13.1. The van der Waals surface area contributed by atoms with Crippen LogP contribution < -0.4 is 0 Å². The summed E-state index contributed by atoms with van der Waals surface area (Å²) >= 11 is 0. The van der Waals surface area contributed by atoms with E-state index in [1.54, 1.807) is 6.07 Å². The van der Waals surface area contributed by atoms with Gasteiger partial charge in [-0.15, -0.1) is 0 Å². The predicted octanol–water partition coefficient (Wildman–Crippen LogP) is 3.83. The lowest BCUT2D eigenvalue weighted by atomic mass is 10.2. The van der Waals surface area contributed by atoms with E-state index in [1.165, 1.54) is 11.6 Å². The van der Waals surface area contributed by atoms with Crippen LogP contribution >= 0.6 is 0 Å². The number of benzene rings is 2. The van der Waals surface area contributed by atoms with Gasteiger partial charge in [-0.2, -0.15) is 0 Å². The largest absolute Gasteiger partial charge is 0.343 e. The van der Waals surface area contributed by atoms with E-state index in [2.05, 4.69) is 16.7 Å². The van der Waals surface area contributed by atoms with Crippen LogP contribution in [0.4, 0.5) is 4.39 Å². The monoisotopic (exact) mass is 225 g/mol. The third kappa shape index (κ3) is 1.94. The van der Waals surface area contributed by atoms with Crippen molar-refractivity contribution >= 4 is 10.9 Å². The van der Waals surface area contributed by atoms with Gasteiger partial charge >= 0.3 is 0 Å². The van der Waals surface area contributed by atoms with E-state index in [9.17, 15) is 4.39 Å². The average Bonchev–Trinajstić information content (AvgIpc) is 2.73. The second-order valence-electron chi connectivity index (χ2n) is 4.13. The van der Waals surface area contributed by atoms with Crippen LogP contribution in [-0.4, -0.2) is 4.57 Å². The van der Waals surface area contributed by atoms with E-state index in [0.717, 1.165) is 17.4 Å². The second kappa shape index (κ2) is 4.06. The van der Waals surface area contributed by atoms with Crippen LogP contribution in [0, 0.1) is 5.82 Å². The quantitative estimate of drug-likeness (QED) is 0.624. The van der Waals surface area contributed by atoms with Crippen LogP contribution in [0.15, 0.2) is 60.8 Å². The van der Waals surface area contributed by atoms with Gasteiger partial charge in [0.2, 0.25) is 0 Å². The molecule has 0 unspecified atom stereocenters. The van der Waals surface area contributed by atoms with E-state index < -0.39 is 0 Å². The van der Waals surface area contributed by atoms with Crippen molar-refractivity contribution in [3.8, 4) is 0 Å². The molecule has 0 spiro atoms. The van der Waals surface area contributed by atoms with Crippen LogP contribution in [0.25, 0.3) is 10.9 Å². The molecule has 0 radical (unpaired) electrons. The fraction of sp³-hybridized carbons (Fsp3) is 0.0667. The predicted molar refractivity (Wildman–Crippen MR) is 67.4 cm³/mol. The summed E-state index contributed by atoms with van der Waals surface area (Å²) in [4.78, 5) is 0. The Bertz CT molecular complexity index is 640. The van der Waals surface area contributed by atoms with Crippen LogP contribution in [-0.2, 0) is 6.54 Å². The van der Waals surface area contributed by atoms with Crippen molar-refractivity contribution in [1.82, 2.24) is 4.57 Å². The van der Waals surface area contributed by atoms with E-state index >= 15 is 0 Å². The topological polar surface area (TPSA) is 4.93 Å². The van der Waals surface area contributed by atoms with Gasteiger partial charge in [0, 0.05) is 23.6 Å². The van der Waals surface area contributed by atoms with E-state index in [-0.39, 0.29) is 5.82 Å². The zero-order valence-corrected chi connectivity index (χ0v) is 9.31. The third-order valence-corrected chi connectivity index (χ3v) is 2.93. The highest BCUT2D eigenvalue weighted by Gasteiger charge is 2.02. The molecule has 2 heteroatoms. The van der Waals surface area contributed by atoms with E-state index in [1.807, 2.05) is 36.5 Å². The fourth-order valence-corrected chi connectivity index (χ4v) is 2.09. The minimum Gasteiger partial charge on any atom is -0.343 e. The molecule has 0 N–H and O–H groups in total. The molecule has 0 atom stereocenters. The van der Waals surface area contributed by atoms with Gasteiger partial charge in [0.1, 0.15) is 5.82 Å². The van der Waals surface area contributed by atoms with Gasteiger partial charge < -0.3 is 4.57 Å². The summed E-state index contributed by atoms with van der Waals surface area (Å²) in [5, 5.41) is 0.945. The number of aromatic nitrogens is 1. The number of rotatable bonds is 2. The molecule has 0 aliphatic carbocycles.